The summed E-state index contributed by atoms with van der Waals surface area (Å²) in [7, 11) is 0. The molecule has 2 atom stereocenters. The topological polar surface area (TPSA) is 74.7 Å². The molecule has 3 N–H and O–H groups in total. The van der Waals surface area contributed by atoms with Gasteiger partial charge in [-0.05, 0) is 35.3 Å². The molecule has 0 radical (unpaired) electrons. The fourth-order valence-corrected chi connectivity index (χ4v) is 4.76. The quantitative estimate of drug-likeness (QED) is 0.339. The maximum atomic E-state index is 13.6. The number of fused-ring (bicyclic) bond motifs is 3. The van der Waals surface area contributed by atoms with Crippen molar-refractivity contribution in [1.82, 2.24) is 9.78 Å². The van der Waals surface area contributed by atoms with E-state index in [4.69, 9.17) is 29.8 Å². The van der Waals surface area contributed by atoms with Crippen LogP contribution in [0.4, 0.5) is 24.8 Å². The van der Waals surface area contributed by atoms with Crippen LogP contribution in [0.25, 0.3) is 21.7 Å². The molecule has 1 aliphatic heterocycles. The molecule has 0 aliphatic carbocycles. The van der Waals surface area contributed by atoms with Crippen LogP contribution < -0.4 is 5.32 Å². The van der Waals surface area contributed by atoms with Crippen molar-refractivity contribution in [3.8, 4) is 16.8 Å². The van der Waals surface area contributed by atoms with Crippen molar-refractivity contribution in [3.05, 3.63) is 69.5 Å². The average Bonchev–Trinajstić information content (AvgIpc) is 3.15. The maximum Gasteiger partial charge on any atom is 0.416 e. The first-order valence-electron chi connectivity index (χ1n) is 9.70. The molecular formula is C22H17Cl2F3N4O2. The minimum absolute atomic E-state index is 0.0161. The number of hydrogen-bond donors (Lipinski definition) is 3. The summed E-state index contributed by atoms with van der Waals surface area (Å²) in [5, 5.41) is 27.6. The van der Waals surface area contributed by atoms with Gasteiger partial charge in [0.25, 0.3) is 0 Å². The average molecular weight is 497 g/mol. The fourth-order valence-electron chi connectivity index (χ4n) is 4.07. The zero-order valence-corrected chi connectivity index (χ0v) is 18.6. The SMILES string of the molecule is [C-]#[N+]c1nn2c(c1-c1ccccc1C)NC(CCl)(C(O)CO)c1cc(C(F)(F)F)cc(Cl)c1-2. The monoisotopic (exact) mass is 496 g/mol. The van der Waals surface area contributed by atoms with Crippen molar-refractivity contribution in [2.75, 3.05) is 17.8 Å². The molecule has 2 aromatic carbocycles. The summed E-state index contributed by atoms with van der Waals surface area (Å²) < 4.78 is 42.0. The Morgan fingerprint density at radius 3 is 2.58 bits per heavy atom. The lowest BCUT2D eigenvalue weighted by Crippen LogP contribution is -2.53. The second kappa shape index (κ2) is 8.22. The molecule has 0 bridgehead atoms. The van der Waals surface area contributed by atoms with Gasteiger partial charge in [0.2, 0.25) is 0 Å². The number of nitrogens with zero attached hydrogens (tertiary/aromatic N) is 3. The molecule has 0 fully saturated rings. The van der Waals surface area contributed by atoms with E-state index in [1.807, 2.05) is 19.1 Å². The summed E-state index contributed by atoms with van der Waals surface area (Å²) in [4.78, 5) is 3.50. The number of benzene rings is 2. The first-order valence-corrected chi connectivity index (χ1v) is 10.6. The molecule has 4 rings (SSSR count). The Hall–Kier alpha value is -2.77. The van der Waals surface area contributed by atoms with Crippen LogP contribution in [0.15, 0.2) is 36.4 Å². The lowest BCUT2D eigenvalue weighted by molar-refractivity contribution is -0.137. The maximum absolute atomic E-state index is 13.6. The van der Waals surface area contributed by atoms with Gasteiger partial charge in [0, 0.05) is 5.56 Å². The number of aliphatic hydroxyl groups is 2. The predicted octanol–water partition coefficient (Wildman–Crippen LogP) is 5.28. The molecular weight excluding hydrogens is 480 g/mol. The third-order valence-electron chi connectivity index (χ3n) is 5.76. The Bertz CT molecular complexity index is 1290. The predicted molar refractivity (Wildman–Crippen MR) is 119 cm³/mol. The van der Waals surface area contributed by atoms with Crippen LogP contribution in [0.2, 0.25) is 5.02 Å². The Kier molecular flexibility index (Phi) is 5.83. The molecule has 0 saturated heterocycles. The molecule has 0 spiro atoms. The molecule has 172 valence electrons. The summed E-state index contributed by atoms with van der Waals surface area (Å²) >= 11 is 12.6. The van der Waals surface area contributed by atoms with Crippen LogP contribution in [0.3, 0.4) is 0 Å². The van der Waals surface area contributed by atoms with E-state index in [0.29, 0.717) is 11.1 Å². The molecule has 33 heavy (non-hydrogen) atoms. The molecule has 0 saturated carbocycles. The van der Waals surface area contributed by atoms with Crippen molar-refractivity contribution in [2.24, 2.45) is 0 Å². The summed E-state index contributed by atoms with van der Waals surface area (Å²) in [6.07, 6.45) is -6.32. The number of halogens is 5. The summed E-state index contributed by atoms with van der Waals surface area (Å²) in [6, 6.07) is 8.79. The molecule has 3 aromatic rings. The number of anilines is 1. The fraction of sp³-hybridized carbons (Fsp3) is 0.273. The van der Waals surface area contributed by atoms with Gasteiger partial charge in [-0.3, -0.25) is 0 Å². The minimum atomic E-state index is -4.72. The standard InChI is InChI=1S/C22H17Cl2F3N4O2/c1-11-5-3-4-6-13(11)17-19(28-2)30-31-18-14(7-12(8-15(18)24)22(25,26)27)21(10-23,16(33)9-32)29-20(17)31/h3-8,16,29,32-33H,9-10H2,1H3. The van der Waals surface area contributed by atoms with E-state index in [0.717, 1.165) is 17.7 Å². The van der Waals surface area contributed by atoms with Crippen LogP contribution in [0.5, 0.6) is 0 Å². The van der Waals surface area contributed by atoms with Gasteiger partial charge in [-0.1, -0.05) is 42.4 Å². The van der Waals surface area contributed by atoms with Crippen LogP contribution in [0, 0.1) is 13.5 Å². The Morgan fingerprint density at radius 2 is 2.00 bits per heavy atom. The number of aliphatic hydroxyl groups excluding tert-OH is 2. The van der Waals surface area contributed by atoms with E-state index in [-0.39, 0.29) is 27.9 Å². The van der Waals surface area contributed by atoms with Crippen LogP contribution in [-0.4, -0.2) is 38.6 Å². The zero-order valence-electron chi connectivity index (χ0n) is 17.1. The zero-order chi connectivity index (χ0) is 24.1. The first kappa shape index (κ1) is 23.4. The normalized spacial score (nSPS) is 18.2. The second-order valence-electron chi connectivity index (χ2n) is 7.67. The Morgan fingerprint density at radius 1 is 1.30 bits per heavy atom. The Balaban J connectivity index is 2.13. The van der Waals surface area contributed by atoms with Crippen LogP contribution >= 0.6 is 23.2 Å². The number of hydrogen-bond acceptors (Lipinski definition) is 4. The number of rotatable bonds is 4. The first-order chi connectivity index (χ1) is 15.6. The van der Waals surface area contributed by atoms with Gasteiger partial charge in [-0.25, -0.2) is 0 Å². The van der Waals surface area contributed by atoms with E-state index in [1.165, 1.54) is 4.68 Å². The van der Waals surface area contributed by atoms with Gasteiger partial charge < -0.3 is 20.4 Å². The molecule has 11 heteroatoms. The highest BCUT2D eigenvalue weighted by Crippen LogP contribution is 2.50. The van der Waals surface area contributed by atoms with Crippen molar-refractivity contribution in [2.45, 2.75) is 24.7 Å². The Labute approximate surface area is 197 Å². The van der Waals surface area contributed by atoms with Gasteiger partial charge in [0.1, 0.15) is 23.1 Å². The summed E-state index contributed by atoms with van der Waals surface area (Å²) in [6.45, 7) is 8.67. The lowest BCUT2D eigenvalue weighted by atomic mass is 9.82. The van der Waals surface area contributed by atoms with Gasteiger partial charge in [0.05, 0.1) is 28.6 Å². The van der Waals surface area contributed by atoms with E-state index >= 15 is 0 Å². The lowest BCUT2D eigenvalue weighted by Gasteiger charge is -2.42. The number of aryl methyl sites for hydroxylation is 1. The minimum Gasteiger partial charge on any atom is -0.394 e. The van der Waals surface area contributed by atoms with Gasteiger partial charge in [0.15, 0.2) is 0 Å². The van der Waals surface area contributed by atoms with E-state index in [1.54, 1.807) is 12.1 Å². The largest absolute Gasteiger partial charge is 0.416 e. The van der Waals surface area contributed by atoms with Crippen molar-refractivity contribution < 1.29 is 23.4 Å². The van der Waals surface area contributed by atoms with Crippen LogP contribution in [0.1, 0.15) is 16.7 Å². The summed E-state index contributed by atoms with van der Waals surface area (Å²) in [5.41, 5.74) is -0.993. The molecule has 1 aromatic heterocycles. The van der Waals surface area contributed by atoms with Gasteiger partial charge in [-0.2, -0.15) is 13.2 Å². The van der Waals surface area contributed by atoms with E-state index < -0.39 is 35.9 Å². The van der Waals surface area contributed by atoms with Crippen molar-refractivity contribution in [3.63, 3.8) is 0 Å². The molecule has 2 unspecified atom stereocenters. The summed E-state index contributed by atoms with van der Waals surface area (Å²) in [5.74, 6) is -0.208. The highest BCUT2D eigenvalue weighted by Gasteiger charge is 2.49. The molecule has 2 heterocycles. The third-order valence-corrected chi connectivity index (χ3v) is 6.47. The smallest absolute Gasteiger partial charge is 0.394 e. The molecule has 0 amide bonds. The highest BCUT2D eigenvalue weighted by molar-refractivity contribution is 6.33. The van der Waals surface area contributed by atoms with Crippen molar-refractivity contribution >= 4 is 34.8 Å². The van der Waals surface area contributed by atoms with E-state index in [2.05, 4.69) is 15.3 Å². The molecule has 1 aliphatic rings. The number of aromatic nitrogens is 2. The van der Waals surface area contributed by atoms with Gasteiger partial charge >= 0.3 is 12.0 Å². The van der Waals surface area contributed by atoms with Gasteiger partial charge in [-0.15, -0.1) is 16.3 Å². The number of nitrogens with one attached hydrogen (secondary N) is 1. The third kappa shape index (κ3) is 3.54. The highest BCUT2D eigenvalue weighted by atomic mass is 35.5. The molecule has 6 nitrogen and oxygen atoms in total. The van der Waals surface area contributed by atoms with Crippen LogP contribution in [-0.2, 0) is 11.7 Å². The van der Waals surface area contributed by atoms with E-state index in [9.17, 15) is 23.4 Å². The van der Waals surface area contributed by atoms with Crippen molar-refractivity contribution in [1.29, 1.82) is 0 Å². The number of alkyl halides is 4. The second-order valence-corrected chi connectivity index (χ2v) is 8.34.